The topological polar surface area (TPSA) is 20.3 Å². The van der Waals surface area contributed by atoms with E-state index in [-0.39, 0.29) is 17.1 Å². The fourth-order valence-corrected chi connectivity index (χ4v) is 3.93. The fraction of sp³-hybridized carbons (Fsp3) is 0.188. The van der Waals surface area contributed by atoms with Crippen molar-refractivity contribution in [2.45, 2.75) is 10.3 Å². The molecule has 1 amide bonds. The Labute approximate surface area is 131 Å². The van der Waals surface area contributed by atoms with Crippen LogP contribution < -0.4 is 4.90 Å². The largest absolute Gasteiger partial charge is 0.295 e. The van der Waals surface area contributed by atoms with E-state index in [0.29, 0.717) is 11.4 Å². The van der Waals surface area contributed by atoms with Crippen LogP contribution in [-0.4, -0.2) is 17.9 Å². The van der Waals surface area contributed by atoms with E-state index >= 15 is 0 Å². The second-order valence-electron chi connectivity index (χ2n) is 4.68. The number of thioether (sulfide) groups is 2. The van der Waals surface area contributed by atoms with Gasteiger partial charge in [-0.25, -0.2) is 4.39 Å². The van der Waals surface area contributed by atoms with Crippen LogP contribution in [0.25, 0.3) is 0 Å². The maximum Gasteiger partial charge on any atom is 0.238 e. The minimum atomic E-state index is -0.325. The van der Waals surface area contributed by atoms with Gasteiger partial charge in [-0.2, -0.15) is 0 Å². The Morgan fingerprint density at radius 1 is 1.24 bits per heavy atom. The summed E-state index contributed by atoms with van der Waals surface area (Å²) < 4.78 is 13.4. The number of halogens is 1. The van der Waals surface area contributed by atoms with E-state index in [1.807, 2.05) is 30.5 Å². The van der Waals surface area contributed by atoms with Gasteiger partial charge in [-0.1, -0.05) is 18.2 Å². The monoisotopic (exact) mass is 319 g/mol. The highest BCUT2D eigenvalue weighted by atomic mass is 32.2. The Hall–Kier alpha value is -1.46. The molecule has 2 aromatic carbocycles. The van der Waals surface area contributed by atoms with Crippen molar-refractivity contribution in [2.75, 3.05) is 16.9 Å². The number of benzene rings is 2. The maximum absolute atomic E-state index is 13.4. The van der Waals surface area contributed by atoms with E-state index in [4.69, 9.17) is 0 Å². The zero-order valence-electron chi connectivity index (χ0n) is 11.5. The molecule has 0 aliphatic carbocycles. The summed E-state index contributed by atoms with van der Waals surface area (Å²) in [5.74, 6) is 0.115. The Bertz CT molecular complexity index is 660. The van der Waals surface area contributed by atoms with Gasteiger partial charge in [0.25, 0.3) is 0 Å². The molecule has 0 bridgehead atoms. The molecule has 0 N–H and O–H groups in total. The van der Waals surface area contributed by atoms with Crippen molar-refractivity contribution in [1.29, 1.82) is 0 Å². The van der Waals surface area contributed by atoms with Gasteiger partial charge < -0.3 is 0 Å². The average molecular weight is 319 g/mol. The molecule has 5 heteroatoms. The van der Waals surface area contributed by atoms with Crippen LogP contribution in [0.1, 0.15) is 10.9 Å². The third kappa shape index (κ3) is 2.94. The molecule has 2 nitrogen and oxygen atoms in total. The van der Waals surface area contributed by atoms with Crippen LogP contribution in [0.2, 0.25) is 0 Å². The normalized spacial score (nSPS) is 18.3. The van der Waals surface area contributed by atoms with Crippen molar-refractivity contribution in [2.24, 2.45) is 0 Å². The summed E-state index contributed by atoms with van der Waals surface area (Å²) in [6.45, 7) is 0. The minimum Gasteiger partial charge on any atom is -0.295 e. The molecule has 0 aromatic heterocycles. The molecule has 3 rings (SSSR count). The van der Waals surface area contributed by atoms with Crippen molar-refractivity contribution in [3.8, 4) is 0 Å². The molecule has 1 atom stereocenters. The first kappa shape index (κ1) is 14.5. The summed E-state index contributed by atoms with van der Waals surface area (Å²) in [5, 5.41) is -0.0878. The SMILES string of the molecule is CSc1ccc([C@@H]2SCC(=O)N2c2cccc(F)c2)cc1. The molecule has 108 valence electrons. The van der Waals surface area contributed by atoms with Crippen LogP contribution in [0.5, 0.6) is 0 Å². The Balaban J connectivity index is 1.95. The molecule has 2 aromatic rings. The third-order valence-corrected chi connectivity index (χ3v) is 5.31. The van der Waals surface area contributed by atoms with Crippen molar-refractivity contribution >= 4 is 35.1 Å². The van der Waals surface area contributed by atoms with Crippen LogP contribution in [-0.2, 0) is 4.79 Å². The molecule has 1 aliphatic rings. The molecule has 1 saturated heterocycles. The smallest absolute Gasteiger partial charge is 0.238 e. The Morgan fingerprint density at radius 2 is 2.00 bits per heavy atom. The summed E-state index contributed by atoms with van der Waals surface area (Å²) >= 11 is 3.26. The van der Waals surface area contributed by atoms with E-state index in [1.165, 1.54) is 17.0 Å². The number of carbonyl (C=O) groups is 1. The Kier molecular flexibility index (Phi) is 4.22. The highest BCUT2D eigenvalue weighted by Crippen LogP contribution is 2.42. The lowest BCUT2D eigenvalue weighted by molar-refractivity contribution is -0.115. The number of nitrogens with zero attached hydrogens (tertiary/aromatic N) is 1. The van der Waals surface area contributed by atoms with Gasteiger partial charge >= 0.3 is 0 Å². The van der Waals surface area contributed by atoms with Crippen LogP contribution in [0.15, 0.2) is 53.4 Å². The predicted molar refractivity (Wildman–Crippen MR) is 87.3 cm³/mol. The van der Waals surface area contributed by atoms with Crippen LogP contribution in [0.4, 0.5) is 10.1 Å². The van der Waals surface area contributed by atoms with E-state index < -0.39 is 0 Å². The highest BCUT2D eigenvalue weighted by Gasteiger charge is 2.34. The van der Waals surface area contributed by atoms with Gasteiger partial charge in [0, 0.05) is 10.6 Å². The molecular formula is C16H14FNOS2. The molecule has 21 heavy (non-hydrogen) atoms. The second-order valence-corrected chi connectivity index (χ2v) is 6.63. The number of hydrogen-bond acceptors (Lipinski definition) is 3. The molecule has 1 fully saturated rings. The van der Waals surface area contributed by atoms with E-state index in [2.05, 4.69) is 0 Å². The van der Waals surface area contributed by atoms with Crippen molar-refractivity contribution in [3.63, 3.8) is 0 Å². The number of anilines is 1. The van der Waals surface area contributed by atoms with Gasteiger partial charge in [0.1, 0.15) is 11.2 Å². The quantitative estimate of drug-likeness (QED) is 0.786. The van der Waals surface area contributed by atoms with Gasteiger partial charge in [0.05, 0.1) is 5.75 Å². The molecule has 0 spiro atoms. The third-order valence-electron chi connectivity index (χ3n) is 3.36. The lowest BCUT2D eigenvalue weighted by atomic mass is 10.2. The zero-order chi connectivity index (χ0) is 14.8. The first-order valence-corrected chi connectivity index (χ1v) is 8.79. The zero-order valence-corrected chi connectivity index (χ0v) is 13.1. The average Bonchev–Trinajstić information content (AvgIpc) is 2.89. The summed E-state index contributed by atoms with van der Waals surface area (Å²) in [4.78, 5) is 15.0. The molecule has 1 heterocycles. The van der Waals surface area contributed by atoms with Gasteiger partial charge in [0.2, 0.25) is 5.91 Å². The van der Waals surface area contributed by atoms with Gasteiger partial charge in [0.15, 0.2) is 0 Å². The van der Waals surface area contributed by atoms with Gasteiger partial charge in [-0.15, -0.1) is 23.5 Å². The van der Waals surface area contributed by atoms with Crippen molar-refractivity contribution in [1.82, 2.24) is 0 Å². The number of amides is 1. The first-order chi connectivity index (χ1) is 10.2. The molecule has 0 radical (unpaired) electrons. The number of carbonyl (C=O) groups excluding carboxylic acids is 1. The van der Waals surface area contributed by atoms with Crippen molar-refractivity contribution in [3.05, 3.63) is 59.9 Å². The maximum atomic E-state index is 13.4. The van der Waals surface area contributed by atoms with E-state index in [1.54, 1.807) is 40.6 Å². The number of hydrogen-bond donors (Lipinski definition) is 0. The second kappa shape index (κ2) is 6.12. The summed E-state index contributed by atoms with van der Waals surface area (Å²) in [6, 6.07) is 14.4. The summed E-state index contributed by atoms with van der Waals surface area (Å²) in [6.07, 6.45) is 2.03. The van der Waals surface area contributed by atoms with Gasteiger partial charge in [-0.05, 0) is 42.2 Å². The summed E-state index contributed by atoms with van der Waals surface area (Å²) in [7, 11) is 0. The number of rotatable bonds is 3. The standard InChI is InChI=1S/C16H14FNOS2/c1-20-14-7-5-11(6-8-14)16-18(15(19)10-21-16)13-4-2-3-12(17)9-13/h2-9,16H,10H2,1H3/t16-/m0/s1. The lowest BCUT2D eigenvalue weighted by Gasteiger charge is -2.24. The fourth-order valence-electron chi connectivity index (χ4n) is 2.34. The van der Waals surface area contributed by atoms with Gasteiger partial charge in [-0.3, -0.25) is 9.69 Å². The Morgan fingerprint density at radius 3 is 2.67 bits per heavy atom. The van der Waals surface area contributed by atoms with E-state index in [0.717, 1.165) is 5.56 Å². The first-order valence-electron chi connectivity index (χ1n) is 6.52. The molecule has 0 unspecified atom stereocenters. The molecule has 0 saturated carbocycles. The minimum absolute atomic E-state index is 0.0181. The molecular weight excluding hydrogens is 305 g/mol. The lowest BCUT2D eigenvalue weighted by Crippen LogP contribution is -2.27. The summed E-state index contributed by atoms with van der Waals surface area (Å²) in [5.41, 5.74) is 1.68. The highest BCUT2D eigenvalue weighted by molar-refractivity contribution is 8.00. The molecule has 1 aliphatic heterocycles. The van der Waals surface area contributed by atoms with Crippen molar-refractivity contribution < 1.29 is 9.18 Å². The van der Waals surface area contributed by atoms with Crippen LogP contribution >= 0.6 is 23.5 Å². The van der Waals surface area contributed by atoms with Crippen LogP contribution in [0, 0.1) is 5.82 Å². The predicted octanol–water partition coefficient (Wildman–Crippen LogP) is 4.33. The van der Waals surface area contributed by atoms with Crippen LogP contribution in [0.3, 0.4) is 0 Å². The van der Waals surface area contributed by atoms with E-state index in [9.17, 15) is 9.18 Å².